The molecular weight excluding hydrogens is 452 g/mol. The molecule has 2 aromatic carbocycles. The predicted octanol–water partition coefficient (Wildman–Crippen LogP) is 3.38. The molecule has 3 rings (SSSR count). The van der Waals surface area contributed by atoms with Gasteiger partial charge in [0.25, 0.3) is 0 Å². The zero-order valence-corrected chi connectivity index (χ0v) is 16.4. The Morgan fingerprint density at radius 2 is 1.20 bits per heavy atom. The standard InChI is InChI=1S/C19H16Br2O4/c20-11-1-3-13-14-4-2-12(21)10-16(14)19(15(13)9-11,17(24)5-7-22)18(25)6-8-23/h1-4,9-10,22-23H,5-8H2. The highest BCUT2D eigenvalue weighted by atomic mass is 79.9. The van der Waals surface area contributed by atoms with E-state index in [0.29, 0.717) is 11.1 Å². The monoisotopic (exact) mass is 466 g/mol. The molecule has 130 valence electrons. The SMILES string of the molecule is O=C(CCO)C1(C(=O)CCO)c2cc(Br)ccc2-c2ccc(Br)cc21. The van der Waals surface area contributed by atoms with Crippen LogP contribution in [0, 0.1) is 0 Å². The summed E-state index contributed by atoms with van der Waals surface area (Å²) in [5.74, 6) is -0.714. The Morgan fingerprint density at radius 1 is 0.800 bits per heavy atom. The molecule has 0 atom stereocenters. The molecule has 0 saturated carbocycles. The lowest BCUT2D eigenvalue weighted by atomic mass is 9.69. The molecule has 0 aliphatic heterocycles. The molecule has 1 aliphatic rings. The Kier molecular flexibility index (Phi) is 5.25. The third-order valence-electron chi connectivity index (χ3n) is 4.58. The molecule has 0 radical (unpaired) electrons. The van der Waals surface area contributed by atoms with Gasteiger partial charge in [0.15, 0.2) is 11.6 Å². The van der Waals surface area contributed by atoms with E-state index in [-0.39, 0.29) is 37.6 Å². The highest BCUT2D eigenvalue weighted by Gasteiger charge is 2.53. The summed E-state index contributed by atoms with van der Waals surface area (Å²) < 4.78 is 1.52. The van der Waals surface area contributed by atoms with E-state index in [1.54, 1.807) is 12.1 Å². The average Bonchev–Trinajstić information content (AvgIpc) is 2.84. The summed E-state index contributed by atoms with van der Waals surface area (Å²) in [7, 11) is 0. The minimum atomic E-state index is -1.50. The van der Waals surface area contributed by atoms with Crippen molar-refractivity contribution in [1.82, 2.24) is 0 Å². The fourth-order valence-electron chi connectivity index (χ4n) is 3.60. The van der Waals surface area contributed by atoms with Gasteiger partial charge in [-0.15, -0.1) is 0 Å². The van der Waals surface area contributed by atoms with Crippen molar-refractivity contribution < 1.29 is 19.8 Å². The second kappa shape index (κ2) is 7.11. The number of aliphatic hydroxyl groups is 2. The van der Waals surface area contributed by atoms with Gasteiger partial charge in [0, 0.05) is 21.8 Å². The molecular formula is C19H16Br2O4. The fraction of sp³-hybridized carbons (Fsp3) is 0.263. The highest BCUT2D eigenvalue weighted by molar-refractivity contribution is 9.10. The van der Waals surface area contributed by atoms with Crippen LogP contribution in [-0.2, 0) is 15.0 Å². The number of Topliss-reactive ketones (excluding diaryl/α,β-unsaturated/α-hetero) is 2. The maximum absolute atomic E-state index is 13.1. The van der Waals surface area contributed by atoms with Crippen LogP contribution < -0.4 is 0 Å². The first-order valence-electron chi connectivity index (χ1n) is 7.85. The first-order valence-corrected chi connectivity index (χ1v) is 9.44. The molecule has 0 unspecified atom stereocenters. The lowest BCUT2D eigenvalue weighted by molar-refractivity contribution is -0.133. The van der Waals surface area contributed by atoms with E-state index in [0.717, 1.165) is 20.1 Å². The number of rotatable bonds is 6. The van der Waals surface area contributed by atoms with Gasteiger partial charge < -0.3 is 10.2 Å². The van der Waals surface area contributed by atoms with Gasteiger partial charge in [-0.05, 0) is 46.5 Å². The summed E-state index contributed by atoms with van der Waals surface area (Å²) in [6.07, 6.45) is -0.260. The first kappa shape index (κ1) is 18.5. The Hall–Kier alpha value is -1.34. The number of aliphatic hydroxyl groups excluding tert-OH is 2. The minimum Gasteiger partial charge on any atom is -0.396 e. The molecule has 0 spiro atoms. The van der Waals surface area contributed by atoms with Crippen molar-refractivity contribution >= 4 is 43.4 Å². The van der Waals surface area contributed by atoms with Crippen LogP contribution in [0.15, 0.2) is 45.3 Å². The van der Waals surface area contributed by atoms with Crippen LogP contribution in [0.25, 0.3) is 11.1 Å². The van der Waals surface area contributed by atoms with Crippen LogP contribution in [-0.4, -0.2) is 35.0 Å². The second-order valence-electron chi connectivity index (χ2n) is 5.92. The largest absolute Gasteiger partial charge is 0.396 e. The summed E-state index contributed by atoms with van der Waals surface area (Å²) in [6.45, 7) is -0.667. The Balaban J connectivity index is 2.40. The zero-order valence-electron chi connectivity index (χ0n) is 13.3. The number of carbonyl (C=O) groups is 2. The number of hydrogen-bond donors (Lipinski definition) is 2. The van der Waals surface area contributed by atoms with Crippen LogP contribution in [0.3, 0.4) is 0 Å². The van der Waals surface area contributed by atoms with E-state index in [4.69, 9.17) is 0 Å². The molecule has 4 nitrogen and oxygen atoms in total. The summed E-state index contributed by atoms with van der Waals surface area (Å²) in [6, 6.07) is 11.1. The summed E-state index contributed by atoms with van der Waals surface area (Å²) in [5, 5.41) is 18.7. The molecule has 0 heterocycles. The van der Waals surface area contributed by atoms with Crippen LogP contribution in [0.5, 0.6) is 0 Å². The van der Waals surface area contributed by atoms with Crippen molar-refractivity contribution in [3.63, 3.8) is 0 Å². The summed E-state index contributed by atoms with van der Waals surface area (Å²) in [5.41, 5.74) is 1.36. The lowest BCUT2D eigenvalue weighted by Gasteiger charge is -2.29. The normalized spacial score (nSPS) is 14.1. The number of ketones is 2. The maximum atomic E-state index is 13.1. The van der Waals surface area contributed by atoms with E-state index < -0.39 is 5.41 Å². The van der Waals surface area contributed by atoms with E-state index >= 15 is 0 Å². The van der Waals surface area contributed by atoms with Gasteiger partial charge in [-0.3, -0.25) is 9.59 Å². The fourth-order valence-corrected chi connectivity index (χ4v) is 4.32. The van der Waals surface area contributed by atoms with Crippen LogP contribution in [0.2, 0.25) is 0 Å². The molecule has 2 aromatic rings. The van der Waals surface area contributed by atoms with Gasteiger partial charge in [-0.1, -0.05) is 44.0 Å². The molecule has 0 amide bonds. The van der Waals surface area contributed by atoms with Gasteiger partial charge in [0.1, 0.15) is 5.41 Å². The minimum absolute atomic E-state index is 0.130. The number of benzene rings is 2. The van der Waals surface area contributed by atoms with Crippen LogP contribution >= 0.6 is 31.9 Å². The average molecular weight is 468 g/mol. The predicted molar refractivity (Wildman–Crippen MR) is 101 cm³/mol. The highest BCUT2D eigenvalue weighted by Crippen LogP contribution is 2.52. The van der Waals surface area contributed by atoms with Gasteiger partial charge in [0.05, 0.1) is 13.2 Å². The quantitative estimate of drug-likeness (QED) is 0.638. The number of hydrogen-bond acceptors (Lipinski definition) is 4. The molecule has 0 saturated heterocycles. The summed E-state index contributed by atoms with van der Waals surface area (Å²) >= 11 is 6.84. The molecule has 0 aromatic heterocycles. The third kappa shape index (κ3) is 2.81. The van der Waals surface area contributed by atoms with Crippen LogP contribution in [0.1, 0.15) is 24.0 Å². The molecule has 25 heavy (non-hydrogen) atoms. The Morgan fingerprint density at radius 3 is 1.56 bits per heavy atom. The Labute approximate surface area is 162 Å². The van der Waals surface area contributed by atoms with Gasteiger partial charge in [-0.2, -0.15) is 0 Å². The third-order valence-corrected chi connectivity index (χ3v) is 5.56. The van der Waals surface area contributed by atoms with Gasteiger partial charge >= 0.3 is 0 Å². The van der Waals surface area contributed by atoms with Crippen molar-refractivity contribution in [3.05, 3.63) is 56.5 Å². The Bertz CT molecular complexity index is 789. The topological polar surface area (TPSA) is 74.6 Å². The lowest BCUT2D eigenvalue weighted by Crippen LogP contribution is -2.44. The van der Waals surface area contributed by atoms with Crippen LogP contribution in [0.4, 0.5) is 0 Å². The van der Waals surface area contributed by atoms with E-state index in [9.17, 15) is 19.8 Å². The van der Waals surface area contributed by atoms with Crippen molar-refractivity contribution in [2.75, 3.05) is 13.2 Å². The van der Waals surface area contributed by atoms with Crippen molar-refractivity contribution in [2.45, 2.75) is 18.3 Å². The molecule has 0 bridgehead atoms. The second-order valence-corrected chi connectivity index (χ2v) is 7.75. The summed E-state index contributed by atoms with van der Waals surface area (Å²) in [4.78, 5) is 26.3. The molecule has 2 N–H and O–H groups in total. The number of carbonyl (C=O) groups excluding carboxylic acids is 2. The van der Waals surface area contributed by atoms with Crippen molar-refractivity contribution in [2.24, 2.45) is 0 Å². The smallest absolute Gasteiger partial charge is 0.157 e. The number of fused-ring (bicyclic) bond motifs is 3. The molecule has 0 fully saturated rings. The molecule has 1 aliphatic carbocycles. The first-order chi connectivity index (χ1) is 12.0. The van der Waals surface area contributed by atoms with E-state index in [1.165, 1.54) is 0 Å². The van der Waals surface area contributed by atoms with Gasteiger partial charge in [0.2, 0.25) is 0 Å². The number of halogens is 2. The maximum Gasteiger partial charge on any atom is 0.157 e. The van der Waals surface area contributed by atoms with E-state index in [2.05, 4.69) is 31.9 Å². The van der Waals surface area contributed by atoms with E-state index in [1.807, 2.05) is 24.3 Å². The van der Waals surface area contributed by atoms with Gasteiger partial charge in [-0.25, -0.2) is 0 Å². The van der Waals surface area contributed by atoms with Crippen molar-refractivity contribution in [1.29, 1.82) is 0 Å². The van der Waals surface area contributed by atoms with Crippen molar-refractivity contribution in [3.8, 4) is 11.1 Å². The molecule has 6 heteroatoms. The zero-order chi connectivity index (χ0) is 18.2.